The van der Waals surface area contributed by atoms with Gasteiger partial charge in [-0.1, -0.05) is 32.6 Å². The number of rotatable bonds is 9. The van der Waals surface area contributed by atoms with Crippen molar-refractivity contribution in [3.8, 4) is 0 Å². The van der Waals surface area contributed by atoms with Crippen molar-refractivity contribution in [1.29, 1.82) is 0 Å². The first-order valence-corrected chi connectivity index (χ1v) is 7.79. The zero-order chi connectivity index (χ0) is 13.2. The second-order valence-electron chi connectivity index (χ2n) is 5.67. The summed E-state index contributed by atoms with van der Waals surface area (Å²) in [7, 11) is 2.20. The van der Waals surface area contributed by atoms with Crippen LogP contribution in [0.5, 0.6) is 0 Å². The topological polar surface area (TPSA) is 38.5 Å². The van der Waals surface area contributed by atoms with Crippen molar-refractivity contribution in [1.82, 2.24) is 4.90 Å². The minimum Gasteiger partial charge on any atom is -0.377 e. The number of hydrogen-bond donors (Lipinski definition) is 1. The zero-order valence-electron chi connectivity index (χ0n) is 12.4. The maximum absolute atomic E-state index is 5.91. The molecule has 0 aromatic carbocycles. The van der Waals surface area contributed by atoms with E-state index in [0.29, 0.717) is 12.1 Å². The van der Waals surface area contributed by atoms with E-state index in [9.17, 15) is 0 Å². The fraction of sp³-hybridized carbons (Fsp3) is 1.00. The third-order valence-corrected chi connectivity index (χ3v) is 4.05. The Bertz CT molecular complexity index is 193. The summed E-state index contributed by atoms with van der Waals surface area (Å²) >= 11 is 0. The van der Waals surface area contributed by atoms with Gasteiger partial charge in [-0.25, -0.2) is 0 Å². The molecule has 1 rings (SSSR count). The lowest BCUT2D eigenvalue weighted by Crippen LogP contribution is -2.43. The van der Waals surface area contributed by atoms with E-state index in [0.717, 1.165) is 19.7 Å². The van der Waals surface area contributed by atoms with Crippen LogP contribution in [0.1, 0.15) is 58.3 Å². The molecule has 2 N–H and O–H groups in total. The highest BCUT2D eigenvalue weighted by Gasteiger charge is 2.19. The molecule has 108 valence electrons. The second-order valence-corrected chi connectivity index (χ2v) is 5.67. The van der Waals surface area contributed by atoms with Crippen LogP contribution >= 0.6 is 0 Å². The number of nitrogens with zero attached hydrogens (tertiary/aromatic N) is 1. The molecule has 1 fully saturated rings. The third kappa shape index (κ3) is 6.17. The molecule has 0 radical (unpaired) electrons. The Labute approximate surface area is 113 Å². The minimum atomic E-state index is 0.438. The molecule has 0 spiro atoms. The second kappa shape index (κ2) is 9.76. The lowest BCUT2D eigenvalue weighted by Gasteiger charge is -2.32. The van der Waals surface area contributed by atoms with Gasteiger partial charge in [-0.05, 0) is 32.7 Å². The van der Waals surface area contributed by atoms with Crippen LogP contribution < -0.4 is 5.73 Å². The van der Waals surface area contributed by atoms with Crippen molar-refractivity contribution < 1.29 is 4.74 Å². The minimum absolute atomic E-state index is 0.438. The molecule has 0 saturated carbocycles. The summed E-state index contributed by atoms with van der Waals surface area (Å²) in [6, 6.07) is 0.535. The first-order valence-electron chi connectivity index (χ1n) is 7.79. The van der Waals surface area contributed by atoms with Crippen LogP contribution in [0.3, 0.4) is 0 Å². The van der Waals surface area contributed by atoms with Gasteiger partial charge in [0.2, 0.25) is 0 Å². The van der Waals surface area contributed by atoms with Crippen molar-refractivity contribution in [2.75, 3.05) is 26.7 Å². The quantitative estimate of drug-likeness (QED) is 0.645. The zero-order valence-corrected chi connectivity index (χ0v) is 12.4. The molecule has 1 aliphatic rings. The maximum atomic E-state index is 5.91. The first-order chi connectivity index (χ1) is 8.77. The molecule has 3 nitrogen and oxygen atoms in total. The highest BCUT2D eigenvalue weighted by Crippen LogP contribution is 2.16. The molecule has 1 aliphatic heterocycles. The SMILES string of the molecule is CCCCCCC(CN)N(C)CC1CCCCO1. The third-order valence-electron chi connectivity index (χ3n) is 4.05. The Morgan fingerprint density at radius 1 is 1.28 bits per heavy atom. The lowest BCUT2D eigenvalue weighted by atomic mass is 10.0. The largest absolute Gasteiger partial charge is 0.377 e. The summed E-state index contributed by atoms with van der Waals surface area (Å²) in [4.78, 5) is 2.42. The highest BCUT2D eigenvalue weighted by atomic mass is 16.5. The standard InChI is InChI=1S/C15H32N2O/c1-3-4-5-6-9-14(12-16)17(2)13-15-10-7-8-11-18-15/h14-15H,3-13,16H2,1-2H3. The molecule has 1 saturated heterocycles. The Balaban J connectivity index is 2.20. The number of nitrogens with two attached hydrogens (primary N) is 1. The van der Waals surface area contributed by atoms with Gasteiger partial charge in [-0.15, -0.1) is 0 Å². The predicted molar refractivity (Wildman–Crippen MR) is 77.8 cm³/mol. The molecule has 18 heavy (non-hydrogen) atoms. The molecule has 1 heterocycles. The highest BCUT2D eigenvalue weighted by molar-refractivity contribution is 4.74. The molecular formula is C15H32N2O. The molecule has 0 amide bonds. The van der Waals surface area contributed by atoms with Crippen LogP contribution in [-0.4, -0.2) is 43.8 Å². The van der Waals surface area contributed by atoms with Crippen LogP contribution in [0.4, 0.5) is 0 Å². The van der Waals surface area contributed by atoms with Crippen molar-refractivity contribution in [3.05, 3.63) is 0 Å². The van der Waals surface area contributed by atoms with Gasteiger partial charge in [0.15, 0.2) is 0 Å². The summed E-state index contributed by atoms with van der Waals surface area (Å²) in [6.45, 7) is 5.03. The normalized spacial score (nSPS) is 22.3. The van der Waals surface area contributed by atoms with E-state index in [1.807, 2.05) is 0 Å². The van der Waals surface area contributed by atoms with Crippen LogP contribution in [0, 0.1) is 0 Å². The van der Waals surface area contributed by atoms with E-state index in [4.69, 9.17) is 10.5 Å². The first kappa shape index (κ1) is 15.9. The van der Waals surface area contributed by atoms with E-state index in [-0.39, 0.29) is 0 Å². The summed E-state index contributed by atoms with van der Waals surface area (Å²) < 4.78 is 5.80. The van der Waals surface area contributed by atoms with E-state index in [1.165, 1.54) is 51.4 Å². The number of likely N-dealkylation sites (N-methyl/N-ethyl adjacent to an activating group) is 1. The lowest BCUT2D eigenvalue weighted by molar-refractivity contribution is -0.00827. The summed E-state index contributed by atoms with van der Waals surface area (Å²) in [6.07, 6.45) is 10.8. The predicted octanol–water partition coefficient (Wildman–Crippen LogP) is 2.79. The molecule has 0 bridgehead atoms. The van der Waals surface area contributed by atoms with E-state index in [2.05, 4.69) is 18.9 Å². The van der Waals surface area contributed by atoms with Gasteiger partial charge >= 0.3 is 0 Å². The molecule has 0 aromatic heterocycles. The van der Waals surface area contributed by atoms with Crippen LogP contribution in [0.15, 0.2) is 0 Å². The number of unbranched alkanes of at least 4 members (excludes halogenated alkanes) is 3. The average molecular weight is 256 g/mol. The Kier molecular flexibility index (Phi) is 8.64. The van der Waals surface area contributed by atoms with E-state index in [1.54, 1.807) is 0 Å². The maximum Gasteiger partial charge on any atom is 0.0702 e. The van der Waals surface area contributed by atoms with Crippen molar-refractivity contribution >= 4 is 0 Å². The Hall–Kier alpha value is -0.120. The van der Waals surface area contributed by atoms with Gasteiger partial charge < -0.3 is 10.5 Å². The van der Waals surface area contributed by atoms with Crippen molar-refractivity contribution in [3.63, 3.8) is 0 Å². The smallest absolute Gasteiger partial charge is 0.0702 e. The molecule has 0 aliphatic carbocycles. The van der Waals surface area contributed by atoms with Crippen LogP contribution in [-0.2, 0) is 4.74 Å². The summed E-state index contributed by atoms with van der Waals surface area (Å²) in [5, 5.41) is 0. The fourth-order valence-corrected chi connectivity index (χ4v) is 2.75. The Morgan fingerprint density at radius 3 is 2.72 bits per heavy atom. The number of ether oxygens (including phenoxy) is 1. The van der Waals surface area contributed by atoms with Gasteiger partial charge in [-0.3, -0.25) is 4.90 Å². The molecule has 2 unspecified atom stereocenters. The van der Waals surface area contributed by atoms with E-state index >= 15 is 0 Å². The van der Waals surface area contributed by atoms with Gasteiger partial charge in [0.25, 0.3) is 0 Å². The van der Waals surface area contributed by atoms with Gasteiger partial charge in [0, 0.05) is 25.7 Å². The van der Waals surface area contributed by atoms with Crippen LogP contribution in [0.2, 0.25) is 0 Å². The van der Waals surface area contributed by atoms with Gasteiger partial charge in [0.05, 0.1) is 6.10 Å². The molecular weight excluding hydrogens is 224 g/mol. The molecule has 0 aromatic rings. The molecule has 3 heteroatoms. The summed E-state index contributed by atoms with van der Waals surface area (Å²) in [5.41, 5.74) is 5.91. The van der Waals surface area contributed by atoms with Gasteiger partial charge in [-0.2, -0.15) is 0 Å². The average Bonchev–Trinajstić information content (AvgIpc) is 2.40. The van der Waals surface area contributed by atoms with E-state index < -0.39 is 0 Å². The fourth-order valence-electron chi connectivity index (χ4n) is 2.75. The number of hydrogen-bond acceptors (Lipinski definition) is 3. The monoisotopic (exact) mass is 256 g/mol. The summed E-state index contributed by atoms with van der Waals surface area (Å²) in [5.74, 6) is 0. The van der Waals surface area contributed by atoms with Crippen molar-refractivity contribution in [2.45, 2.75) is 70.4 Å². The molecule has 2 atom stereocenters. The van der Waals surface area contributed by atoms with Crippen molar-refractivity contribution in [2.24, 2.45) is 5.73 Å². The Morgan fingerprint density at radius 2 is 2.11 bits per heavy atom. The van der Waals surface area contributed by atoms with Gasteiger partial charge in [0.1, 0.15) is 0 Å². The van der Waals surface area contributed by atoms with Crippen LogP contribution in [0.25, 0.3) is 0 Å².